The topological polar surface area (TPSA) is 47.1 Å². The molecule has 0 aliphatic carbocycles. The minimum Gasteiger partial charge on any atom is -0.334 e. The number of aryl methyl sites for hydroxylation is 1. The molecule has 0 radical (unpaired) electrons. The molecule has 0 unspecified atom stereocenters. The first-order valence-electron chi connectivity index (χ1n) is 6.75. The second-order valence-electron chi connectivity index (χ2n) is 5.89. The third kappa shape index (κ3) is 2.96. The van der Waals surface area contributed by atoms with Crippen molar-refractivity contribution in [2.75, 3.05) is 13.6 Å². The maximum atomic E-state index is 5.68. The van der Waals surface area contributed by atoms with E-state index in [1.807, 2.05) is 17.9 Å². The summed E-state index contributed by atoms with van der Waals surface area (Å²) < 4.78 is 2.04. The molecule has 1 aromatic heterocycles. The van der Waals surface area contributed by atoms with Crippen LogP contribution in [0.2, 0.25) is 0 Å². The summed E-state index contributed by atoms with van der Waals surface area (Å²) in [7, 11) is 4.17. The Hall–Kier alpha value is -1.39. The monoisotopic (exact) mass is 260 g/mol. The van der Waals surface area contributed by atoms with E-state index in [1.165, 1.54) is 11.1 Å². The largest absolute Gasteiger partial charge is 0.334 e. The highest BCUT2D eigenvalue weighted by Gasteiger charge is 2.22. The van der Waals surface area contributed by atoms with Gasteiger partial charge in [0.05, 0.1) is 17.4 Å². The molecule has 2 aromatic rings. The van der Waals surface area contributed by atoms with Crippen molar-refractivity contribution in [2.45, 2.75) is 32.4 Å². The first-order chi connectivity index (χ1) is 8.94. The Balaban J connectivity index is 2.17. The zero-order valence-electron chi connectivity index (χ0n) is 12.3. The van der Waals surface area contributed by atoms with Gasteiger partial charge in [-0.1, -0.05) is 6.07 Å². The summed E-state index contributed by atoms with van der Waals surface area (Å²) >= 11 is 0. The average Bonchev–Trinajstić information content (AvgIpc) is 2.70. The normalized spacial score (nSPS) is 12.5. The van der Waals surface area contributed by atoms with Crippen molar-refractivity contribution < 1.29 is 0 Å². The van der Waals surface area contributed by atoms with Gasteiger partial charge in [0.2, 0.25) is 0 Å². The van der Waals surface area contributed by atoms with Crippen molar-refractivity contribution >= 4 is 11.0 Å². The lowest BCUT2D eigenvalue weighted by molar-refractivity contribution is 0.140. The van der Waals surface area contributed by atoms with Gasteiger partial charge in [0.1, 0.15) is 0 Å². The summed E-state index contributed by atoms with van der Waals surface area (Å²) in [4.78, 5) is 6.76. The standard InChI is InChI=1S/C15H24N4/c1-15(2,7-8-16)19(4)10-12-5-6-14-13(9-12)17-11-18(14)3/h5-6,9,11H,7-8,10,16H2,1-4H3. The summed E-state index contributed by atoms with van der Waals surface area (Å²) in [5.41, 5.74) is 9.33. The zero-order chi connectivity index (χ0) is 14.0. The second kappa shape index (κ2) is 5.31. The Labute approximate surface area is 115 Å². The predicted molar refractivity (Wildman–Crippen MR) is 79.9 cm³/mol. The number of imidazole rings is 1. The first-order valence-corrected chi connectivity index (χ1v) is 6.75. The molecule has 104 valence electrons. The van der Waals surface area contributed by atoms with Crippen LogP contribution in [0.25, 0.3) is 11.0 Å². The quantitative estimate of drug-likeness (QED) is 0.896. The van der Waals surface area contributed by atoms with Crippen LogP contribution >= 0.6 is 0 Å². The maximum Gasteiger partial charge on any atom is 0.0955 e. The van der Waals surface area contributed by atoms with Crippen molar-refractivity contribution in [3.8, 4) is 0 Å². The molecule has 0 spiro atoms. The number of rotatable bonds is 5. The smallest absolute Gasteiger partial charge is 0.0955 e. The van der Waals surface area contributed by atoms with Gasteiger partial charge in [0.15, 0.2) is 0 Å². The molecular formula is C15H24N4. The number of aromatic nitrogens is 2. The van der Waals surface area contributed by atoms with Gasteiger partial charge in [-0.25, -0.2) is 4.98 Å². The van der Waals surface area contributed by atoms with Crippen LogP contribution < -0.4 is 5.73 Å². The van der Waals surface area contributed by atoms with Crippen LogP contribution in [0.3, 0.4) is 0 Å². The molecule has 0 atom stereocenters. The minimum absolute atomic E-state index is 0.119. The van der Waals surface area contributed by atoms with Crippen molar-refractivity contribution in [1.29, 1.82) is 0 Å². The van der Waals surface area contributed by atoms with Gasteiger partial charge in [-0.15, -0.1) is 0 Å². The van der Waals surface area contributed by atoms with E-state index < -0.39 is 0 Å². The summed E-state index contributed by atoms with van der Waals surface area (Å²) in [5, 5.41) is 0. The molecule has 2 rings (SSSR count). The molecule has 0 saturated heterocycles. The maximum absolute atomic E-state index is 5.68. The number of benzene rings is 1. The van der Waals surface area contributed by atoms with Gasteiger partial charge in [0, 0.05) is 19.1 Å². The second-order valence-corrected chi connectivity index (χ2v) is 5.89. The van der Waals surface area contributed by atoms with Gasteiger partial charge in [-0.05, 0) is 51.6 Å². The van der Waals surface area contributed by atoms with Gasteiger partial charge in [0.25, 0.3) is 0 Å². The Morgan fingerprint density at radius 1 is 1.37 bits per heavy atom. The van der Waals surface area contributed by atoms with Crippen LogP contribution in [-0.4, -0.2) is 33.6 Å². The van der Waals surface area contributed by atoms with E-state index in [4.69, 9.17) is 5.73 Å². The predicted octanol–water partition coefficient (Wildman–Crippen LogP) is 2.13. The average molecular weight is 260 g/mol. The van der Waals surface area contributed by atoms with Crippen LogP contribution in [0.5, 0.6) is 0 Å². The molecule has 0 fully saturated rings. The fourth-order valence-corrected chi connectivity index (χ4v) is 2.31. The Morgan fingerprint density at radius 3 is 2.79 bits per heavy atom. The van der Waals surface area contributed by atoms with E-state index in [1.54, 1.807) is 0 Å². The number of fused-ring (bicyclic) bond motifs is 1. The lowest BCUT2D eigenvalue weighted by Crippen LogP contribution is -2.42. The van der Waals surface area contributed by atoms with Crippen LogP contribution in [0.4, 0.5) is 0 Å². The van der Waals surface area contributed by atoms with Gasteiger partial charge < -0.3 is 10.3 Å². The molecule has 0 saturated carbocycles. The molecule has 4 nitrogen and oxygen atoms in total. The van der Waals surface area contributed by atoms with Crippen molar-refractivity contribution in [3.63, 3.8) is 0 Å². The lowest BCUT2D eigenvalue weighted by atomic mass is 9.98. The zero-order valence-corrected chi connectivity index (χ0v) is 12.3. The third-order valence-corrected chi connectivity index (χ3v) is 4.00. The number of hydrogen-bond acceptors (Lipinski definition) is 3. The Kier molecular flexibility index (Phi) is 3.92. The summed E-state index contributed by atoms with van der Waals surface area (Å²) in [6.07, 6.45) is 2.85. The number of nitrogens with two attached hydrogens (primary N) is 1. The van der Waals surface area contributed by atoms with E-state index in [0.717, 1.165) is 25.0 Å². The molecule has 0 aliphatic rings. The fourth-order valence-electron chi connectivity index (χ4n) is 2.31. The molecule has 0 amide bonds. The molecule has 2 N–H and O–H groups in total. The highest BCUT2D eigenvalue weighted by Crippen LogP contribution is 2.21. The van der Waals surface area contributed by atoms with Crippen LogP contribution in [0.15, 0.2) is 24.5 Å². The van der Waals surface area contributed by atoms with Crippen molar-refractivity contribution in [2.24, 2.45) is 12.8 Å². The molecular weight excluding hydrogens is 236 g/mol. The molecule has 0 aliphatic heterocycles. The SMILES string of the molecule is CN(Cc1ccc2c(c1)ncn2C)C(C)(C)CCN. The first kappa shape index (κ1) is 14.0. The van der Waals surface area contributed by atoms with Crippen molar-refractivity contribution in [1.82, 2.24) is 14.5 Å². The van der Waals surface area contributed by atoms with Gasteiger partial charge >= 0.3 is 0 Å². The van der Waals surface area contributed by atoms with Crippen molar-refractivity contribution in [3.05, 3.63) is 30.1 Å². The fraction of sp³-hybridized carbons (Fsp3) is 0.533. The third-order valence-electron chi connectivity index (χ3n) is 4.00. The van der Waals surface area contributed by atoms with Crippen LogP contribution in [0.1, 0.15) is 25.8 Å². The number of hydrogen-bond donors (Lipinski definition) is 1. The molecule has 0 bridgehead atoms. The lowest BCUT2D eigenvalue weighted by Gasteiger charge is -2.35. The van der Waals surface area contributed by atoms with E-state index in [9.17, 15) is 0 Å². The van der Waals surface area contributed by atoms with Crippen LogP contribution in [0, 0.1) is 0 Å². The van der Waals surface area contributed by atoms with Gasteiger partial charge in [-0.2, -0.15) is 0 Å². The van der Waals surface area contributed by atoms with E-state index in [2.05, 4.69) is 49.0 Å². The highest BCUT2D eigenvalue weighted by molar-refractivity contribution is 5.75. The van der Waals surface area contributed by atoms with Crippen LogP contribution in [-0.2, 0) is 13.6 Å². The molecule has 1 heterocycles. The highest BCUT2D eigenvalue weighted by atomic mass is 15.2. The Bertz CT molecular complexity index is 556. The molecule has 4 heteroatoms. The number of nitrogens with zero attached hydrogens (tertiary/aromatic N) is 3. The molecule has 1 aromatic carbocycles. The van der Waals surface area contributed by atoms with Gasteiger partial charge in [-0.3, -0.25) is 4.90 Å². The van der Waals surface area contributed by atoms with E-state index in [-0.39, 0.29) is 5.54 Å². The van der Waals surface area contributed by atoms with E-state index in [0.29, 0.717) is 0 Å². The summed E-state index contributed by atoms with van der Waals surface area (Å²) in [5.74, 6) is 0. The summed E-state index contributed by atoms with van der Waals surface area (Å²) in [6.45, 7) is 6.11. The minimum atomic E-state index is 0.119. The molecule has 19 heavy (non-hydrogen) atoms. The summed E-state index contributed by atoms with van der Waals surface area (Å²) in [6, 6.07) is 6.49. The van der Waals surface area contributed by atoms with E-state index >= 15 is 0 Å². The Morgan fingerprint density at radius 2 is 2.11 bits per heavy atom.